The summed E-state index contributed by atoms with van der Waals surface area (Å²) in [5.41, 5.74) is 11.0. The van der Waals surface area contributed by atoms with E-state index in [1.807, 2.05) is 36.4 Å². The Morgan fingerprint density at radius 1 is 1.05 bits per heavy atom. The van der Waals surface area contributed by atoms with Crippen molar-refractivity contribution >= 4 is 27.8 Å². The van der Waals surface area contributed by atoms with Gasteiger partial charge in [0, 0.05) is 36.3 Å². The zero-order valence-corrected chi connectivity index (χ0v) is 20.6. The predicted molar refractivity (Wildman–Crippen MR) is 142 cm³/mol. The van der Waals surface area contributed by atoms with Gasteiger partial charge in [0.2, 0.25) is 0 Å². The Hall–Kier alpha value is -3.77. The first-order valence-corrected chi connectivity index (χ1v) is 12.3. The van der Waals surface area contributed by atoms with E-state index in [4.69, 9.17) is 5.53 Å². The molecule has 12 nitrogen and oxygen atoms in total. The molecule has 0 unspecified atom stereocenters. The second-order valence-electron chi connectivity index (χ2n) is 9.30. The summed E-state index contributed by atoms with van der Waals surface area (Å²) >= 11 is 0. The van der Waals surface area contributed by atoms with Gasteiger partial charge in [-0.25, -0.2) is 0 Å². The molecule has 3 aromatic rings. The molecule has 0 radical (unpaired) electrons. The molecule has 0 aromatic heterocycles. The quantitative estimate of drug-likeness (QED) is 0.0883. The van der Waals surface area contributed by atoms with Crippen molar-refractivity contribution in [3.05, 3.63) is 86.3 Å². The molecule has 12 heteroatoms. The monoisotopic (exact) mass is 522 g/mol. The van der Waals surface area contributed by atoms with Crippen LogP contribution in [0.1, 0.15) is 11.1 Å². The number of hydrogen-bond donors (Lipinski definition) is 5. The van der Waals surface area contributed by atoms with E-state index in [2.05, 4.69) is 15.3 Å². The zero-order chi connectivity index (χ0) is 27.2. The Bertz CT molecular complexity index is 1350. The number of fused-ring (bicyclic) bond motifs is 1. The Balaban J connectivity index is 1.47. The molecule has 1 saturated heterocycles. The lowest BCUT2D eigenvalue weighted by atomic mass is 9.92. The van der Waals surface area contributed by atoms with Crippen LogP contribution in [0.5, 0.6) is 0 Å². The molecule has 3 aromatic carbocycles. The van der Waals surface area contributed by atoms with Crippen molar-refractivity contribution < 1.29 is 25.3 Å². The van der Waals surface area contributed by atoms with Crippen LogP contribution in [0.15, 0.2) is 59.7 Å². The maximum atomic E-state index is 11.5. The van der Waals surface area contributed by atoms with Crippen molar-refractivity contribution in [2.75, 3.05) is 31.6 Å². The molecule has 1 aliphatic heterocycles. The van der Waals surface area contributed by atoms with Crippen LogP contribution in [-0.2, 0) is 12.8 Å². The molecule has 0 spiro atoms. The van der Waals surface area contributed by atoms with Gasteiger partial charge in [-0.05, 0) is 46.3 Å². The number of aliphatic hydroxyl groups excluding tert-OH is 4. The number of β-amino-alcohol motifs (C(OH)–C–C–N with tert-alkyl or cyclic N) is 1. The van der Waals surface area contributed by atoms with Gasteiger partial charge in [-0.1, -0.05) is 47.6 Å². The Morgan fingerprint density at radius 2 is 1.74 bits per heavy atom. The van der Waals surface area contributed by atoms with E-state index in [0.29, 0.717) is 31.6 Å². The summed E-state index contributed by atoms with van der Waals surface area (Å²) in [6.07, 6.45) is -2.41. The van der Waals surface area contributed by atoms with Gasteiger partial charge < -0.3 is 25.7 Å². The lowest BCUT2D eigenvalue weighted by molar-refractivity contribution is -0.383. The Morgan fingerprint density at radius 3 is 2.37 bits per heavy atom. The maximum absolute atomic E-state index is 11.5. The minimum Gasteiger partial charge on any atom is -0.395 e. The van der Waals surface area contributed by atoms with Crippen LogP contribution in [0.25, 0.3) is 21.2 Å². The number of rotatable bonds is 10. The smallest absolute Gasteiger partial charge is 0.292 e. The molecule has 0 saturated carbocycles. The van der Waals surface area contributed by atoms with E-state index >= 15 is 0 Å². The van der Waals surface area contributed by atoms with E-state index in [1.54, 1.807) is 4.90 Å². The van der Waals surface area contributed by atoms with E-state index < -0.39 is 29.3 Å². The summed E-state index contributed by atoms with van der Waals surface area (Å²) in [5.74, 6) is 0. The lowest BCUT2D eigenvalue weighted by Crippen LogP contribution is -2.62. The Kier molecular flexibility index (Phi) is 8.74. The van der Waals surface area contributed by atoms with Gasteiger partial charge in [0.05, 0.1) is 23.7 Å². The largest absolute Gasteiger partial charge is 0.395 e. The van der Waals surface area contributed by atoms with E-state index in [9.17, 15) is 30.5 Å². The van der Waals surface area contributed by atoms with Crippen molar-refractivity contribution in [2.24, 2.45) is 5.11 Å². The number of hydrogen-bond acceptors (Lipinski definition) is 9. The zero-order valence-electron chi connectivity index (χ0n) is 20.6. The highest BCUT2D eigenvalue weighted by Gasteiger charge is 2.40. The molecule has 1 aliphatic rings. The fourth-order valence-corrected chi connectivity index (χ4v) is 5.03. The molecule has 4 atom stereocenters. The predicted octanol–water partition coefficient (Wildman–Crippen LogP) is 2.65. The average molecular weight is 523 g/mol. The number of anilines is 1. The molecular weight excluding hydrogens is 492 g/mol. The number of nitrogens with one attached hydrogen (secondary N) is 1. The number of nitro groups is 1. The molecule has 4 rings (SSSR count). The standard InChI is InChI=1S/C26H30N6O6/c27-30-29-18-7-8-21(22(13-18)32(37)38)28-11-9-16-5-6-17(20-4-2-1-3-19(16)20)10-12-31-14-24(34)26(36)25(35)23(31)15-33/h1-8,13,23-26,28,33-36H,9-12,14-15H2/t23-,24+,25-,26-/m0/s1. The van der Waals surface area contributed by atoms with Gasteiger partial charge in [0.1, 0.15) is 17.9 Å². The van der Waals surface area contributed by atoms with E-state index in [-0.39, 0.29) is 24.5 Å². The first-order chi connectivity index (χ1) is 18.3. The highest BCUT2D eigenvalue weighted by Crippen LogP contribution is 2.30. The van der Waals surface area contributed by atoms with Crippen LogP contribution in [0, 0.1) is 10.1 Å². The summed E-state index contributed by atoms with van der Waals surface area (Å²) in [6.45, 7) is 0.743. The summed E-state index contributed by atoms with van der Waals surface area (Å²) in [6, 6.07) is 15.6. The third-order valence-electron chi connectivity index (χ3n) is 7.04. The lowest BCUT2D eigenvalue weighted by Gasteiger charge is -2.43. The fraction of sp³-hybridized carbons (Fsp3) is 0.385. The number of nitrogens with zero attached hydrogens (tertiary/aromatic N) is 5. The normalized spacial score (nSPS) is 21.7. The number of piperidine rings is 1. The fourth-order valence-electron chi connectivity index (χ4n) is 5.03. The molecule has 200 valence electrons. The van der Waals surface area contributed by atoms with Crippen molar-refractivity contribution in [1.29, 1.82) is 0 Å². The van der Waals surface area contributed by atoms with Crippen molar-refractivity contribution in [3.8, 4) is 0 Å². The highest BCUT2D eigenvalue weighted by atomic mass is 16.6. The van der Waals surface area contributed by atoms with Crippen LogP contribution in [0.2, 0.25) is 0 Å². The Labute approximate surface area is 218 Å². The van der Waals surface area contributed by atoms with Gasteiger partial charge in [0.25, 0.3) is 5.69 Å². The van der Waals surface area contributed by atoms with Crippen molar-refractivity contribution in [3.63, 3.8) is 0 Å². The number of benzene rings is 3. The van der Waals surface area contributed by atoms with Gasteiger partial charge in [-0.3, -0.25) is 15.0 Å². The third kappa shape index (κ3) is 5.86. The van der Waals surface area contributed by atoms with E-state index in [0.717, 1.165) is 21.9 Å². The van der Waals surface area contributed by atoms with Crippen LogP contribution in [-0.4, -0.2) is 80.8 Å². The van der Waals surface area contributed by atoms with Gasteiger partial charge in [-0.15, -0.1) is 0 Å². The summed E-state index contributed by atoms with van der Waals surface area (Å²) in [5, 5.41) is 60.1. The molecule has 38 heavy (non-hydrogen) atoms. The minimum atomic E-state index is -1.29. The maximum Gasteiger partial charge on any atom is 0.292 e. The third-order valence-corrected chi connectivity index (χ3v) is 7.04. The number of nitro benzene ring substituents is 1. The SMILES string of the molecule is [N-]=[N+]=Nc1ccc(NCCc2ccc(CCN3C[C@@H](O)[C@H](O)[C@@H](O)[C@@H]3CO)c3ccccc23)c([N+](=O)[O-])c1. The molecule has 0 amide bonds. The van der Waals surface area contributed by atoms with Crippen molar-refractivity contribution in [2.45, 2.75) is 37.2 Å². The summed E-state index contributed by atoms with van der Waals surface area (Å²) < 4.78 is 0. The number of aliphatic hydroxyl groups is 4. The first-order valence-electron chi connectivity index (χ1n) is 12.3. The molecular formula is C26H30N6O6. The van der Waals surface area contributed by atoms with Gasteiger partial charge in [-0.2, -0.15) is 0 Å². The number of azide groups is 1. The van der Waals surface area contributed by atoms with E-state index in [1.165, 1.54) is 18.2 Å². The van der Waals surface area contributed by atoms with Crippen LogP contribution < -0.4 is 5.32 Å². The van der Waals surface area contributed by atoms with Crippen molar-refractivity contribution in [1.82, 2.24) is 4.90 Å². The molecule has 5 N–H and O–H groups in total. The minimum absolute atomic E-state index is 0.154. The van der Waals surface area contributed by atoms with Gasteiger partial charge in [0.15, 0.2) is 0 Å². The number of likely N-dealkylation sites (tertiary alicyclic amines) is 1. The first kappa shape index (κ1) is 27.3. The molecule has 1 heterocycles. The second kappa shape index (κ2) is 12.2. The molecule has 0 aliphatic carbocycles. The summed E-state index contributed by atoms with van der Waals surface area (Å²) in [4.78, 5) is 15.4. The second-order valence-corrected chi connectivity index (χ2v) is 9.30. The van der Waals surface area contributed by atoms with Crippen LogP contribution in [0.3, 0.4) is 0 Å². The van der Waals surface area contributed by atoms with Gasteiger partial charge >= 0.3 is 0 Å². The highest BCUT2D eigenvalue weighted by molar-refractivity contribution is 5.88. The average Bonchev–Trinajstić information content (AvgIpc) is 2.92. The van der Waals surface area contributed by atoms with Crippen LogP contribution in [0.4, 0.5) is 17.1 Å². The molecule has 1 fully saturated rings. The summed E-state index contributed by atoms with van der Waals surface area (Å²) in [7, 11) is 0. The van der Waals surface area contributed by atoms with Crippen LogP contribution >= 0.6 is 0 Å². The molecule has 0 bridgehead atoms. The topological polar surface area (TPSA) is 188 Å².